The number of methoxy groups -OCH3 is 1. The number of ether oxygens (including phenoxy) is 1. The Balaban J connectivity index is 1.99. The standard InChI is InChI=1S/C18H25N3OS/c1-18(2)12-21(14-7-8-16(22-4)20-17(14)18)13(9-10-19-3)15-6-5-11-23-15/h5-8,11,13,19H,9-10,12H2,1-4H3/t13-/m1/s1. The first-order chi connectivity index (χ1) is 11.1. The summed E-state index contributed by atoms with van der Waals surface area (Å²) in [4.78, 5) is 8.68. The van der Waals surface area contributed by atoms with Gasteiger partial charge in [-0.05, 0) is 37.5 Å². The molecule has 23 heavy (non-hydrogen) atoms. The zero-order valence-electron chi connectivity index (χ0n) is 14.3. The number of hydrogen-bond acceptors (Lipinski definition) is 5. The van der Waals surface area contributed by atoms with E-state index in [0.29, 0.717) is 11.9 Å². The van der Waals surface area contributed by atoms with Crippen molar-refractivity contribution in [2.24, 2.45) is 0 Å². The smallest absolute Gasteiger partial charge is 0.213 e. The first kappa shape index (κ1) is 16.3. The van der Waals surface area contributed by atoms with Crippen LogP contribution in [0, 0.1) is 0 Å². The normalized spacial score (nSPS) is 17.1. The van der Waals surface area contributed by atoms with E-state index in [0.717, 1.165) is 25.2 Å². The molecule has 0 saturated heterocycles. The molecular formula is C18H25N3OS. The van der Waals surface area contributed by atoms with Crippen LogP contribution in [0.2, 0.25) is 0 Å². The van der Waals surface area contributed by atoms with Gasteiger partial charge in [0.25, 0.3) is 0 Å². The number of anilines is 1. The van der Waals surface area contributed by atoms with Gasteiger partial charge in [0.05, 0.1) is 24.5 Å². The molecule has 0 aromatic carbocycles. The molecule has 4 nitrogen and oxygen atoms in total. The maximum absolute atomic E-state index is 5.33. The Kier molecular flexibility index (Phi) is 4.60. The molecule has 5 heteroatoms. The number of thiophene rings is 1. The molecule has 1 aliphatic heterocycles. The van der Waals surface area contributed by atoms with Crippen LogP contribution in [0.5, 0.6) is 5.88 Å². The fourth-order valence-corrected chi connectivity index (χ4v) is 4.23. The molecule has 1 aliphatic rings. The number of rotatable bonds is 6. The van der Waals surface area contributed by atoms with Crippen molar-refractivity contribution in [2.45, 2.75) is 31.7 Å². The van der Waals surface area contributed by atoms with Gasteiger partial charge >= 0.3 is 0 Å². The summed E-state index contributed by atoms with van der Waals surface area (Å²) in [6.45, 7) is 6.51. The minimum atomic E-state index is 0.0268. The van der Waals surface area contributed by atoms with Gasteiger partial charge in [-0.3, -0.25) is 0 Å². The minimum absolute atomic E-state index is 0.0268. The molecule has 2 aromatic rings. The molecule has 0 spiro atoms. The van der Waals surface area contributed by atoms with E-state index in [2.05, 4.69) is 47.6 Å². The lowest BCUT2D eigenvalue weighted by molar-refractivity contribution is 0.392. The van der Waals surface area contributed by atoms with Gasteiger partial charge in [0.15, 0.2) is 0 Å². The van der Waals surface area contributed by atoms with E-state index in [-0.39, 0.29) is 5.41 Å². The molecule has 3 rings (SSSR count). The first-order valence-corrected chi connectivity index (χ1v) is 8.95. The van der Waals surface area contributed by atoms with E-state index < -0.39 is 0 Å². The van der Waals surface area contributed by atoms with Gasteiger partial charge in [0.1, 0.15) is 0 Å². The average Bonchev–Trinajstić information content (AvgIpc) is 3.15. The van der Waals surface area contributed by atoms with E-state index in [1.54, 1.807) is 7.11 Å². The summed E-state index contributed by atoms with van der Waals surface area (Å²) < 4.78 is 5.33. The topological polar surface area (TPSA) is 37.4 Å². The van der Waals surface area contributed by atoms with Crippen LogP contribution < -0.4 is 15.0 Å². The van der Waals surface area contributed by atoms with Crippen LogP contribution in [-0.2, 0) is 5.41 Å². The van der Waals surface area contributed by atoms with Gasteiger partial charge in [0.2, 0.25) is 5.88 Å². The van der Waals surface area contributed by atoms with Crippen molar-refractivity contribution < 1.29 is 4.74 Å². The zero-order chi connectivity index (χ0) is 16.4. The lowest BCUT2D eigenvalue weighted by atomic mass is 9.91. The number of aromatic nitrogens is 1. The molecule has 2 aromatic heterocycles. The molecule has 0 unspecified atom stereocenters. The molecule has 0 bridgehead atoms. The number of nitrogens with zero attached hydrogens (tertiary/aromatic N) is 2. The van der Waals surface area contributed by atoms with E-state index in [4.69, 9.17) is 9.72 Å². The fourth-order valence-electron chi connectivity index (χ4n) is 3.35. The molecule has 0 radical (unpaired) electrons. The van der Waals surface area contributed by atoms with Crippen LogP contribution in [0.15, 0.2) is 29.6 Å². The highest BCUT2D eigenvalue weighted by atomic mass is 32.1. The second kappa shape index (κ2) is 6.49. The molecule has 1 atom stereocenters. The van der Waals surface area contributed by atoms with Crippen molar-refractivity contribution in [1.82, 2.24) is 10.3 Å². The highest BCUT2D eigenvalue weighted by Gasteiger charge is 2.40. The highest BCUT2D eigenvalue weighted by molar-refractivity contribution is 7.10. The van der Waals surface area contributed by atoms with Gasteiger partial charge in [-0.2, -0.15) is 0 Å². The van der Waals surface area contributed by atoms with Crippen molar-refractivity contribution in [3.05, 3.63) is 40.2 Å². The van der Waals surface area contributed by atoms with E-state index in [1.807, 2.05) is 24.5 Å². The summed E-state index contributed by atoms with van der Waals surface area (Å²) in [6, 6.07) is 8.90. The lowest BCUT2D eigenvalue weighted by Crippen LogP contribution is -2.33. The number of pyridine rings is 1. The molecular weight excluding hydrogens is 306 g/mol. The van der Waals surface area contributed by atoms with Crippen LogP contribution in [0.4, 0.5) is 5.69 Å². The quantitative estimate of drug-likeness (QED) is 0.877. The Morgan fingerprint density at radius 1 is 1.39 bits per heavy atom. The SMILES string of the molecule is CNCC[C@H](c1cccs1)N1CC(C)(C)c2nc(OC)ccc21. The molecule has 0 amide bonds. The summed E-state index contributed by atoms with van der Waals surface area (Å²) in [5, 5.41) is 5.45. The maximum Gasteiger partial charge on any atom is 0.213 e. The van der Waals surface area contributed by atoms with Crippen molar-refractivity contribution >= 4 is 17.0 Å². The third kappa shape index (κ3) is 3.08. The summed E-state index contributed by atoms with van der Waals surface area (Å²) >= 11 is 1.84. The van der Waals surface area contributed by atoms with Crippen molar-refractivity contribution in [1.29, 1.82) is 0 Å². The predicted octanol–water partition coefficient (Wildman–Crippen LogP) is 3.60. The Hall–Kier alpha value is -1.59. The van der Waals surface area contributed by atoms with Crippen molar-refractivity contribution in [2.75, 3.05) is 32.1 Å². The predicted molar refractivity (Wildman–Crippen MR) is 96.8 cm³/mol. The second-order valence-electron chi connectivity index (χ2n) is 6.66. The summed E-state index contributed by atoms with van der Waals surface area (Å²) in [6.07, 6.45) is 1.08. The minimum Gasteiger partial charge on any atom is -0.481 e. The lowest BCUT2D eigenvalue weighted by Gasteiger charge is -2.31. The molecule has 124 valence electrons. The van der Waals surface area contributed by atoms with E-state index >= 15 is 0 Å². The molecule has 0 aliphatic carbocycles. The second-order valence-corrected chi connectivity index (χ2v) is 7.64. The largest absolute Gasteiger partial charge is 0.481 e. The van der Waals surface area contributed by atoms with E-state index in [1.165, 1.54) is 10.6 Å². The Morgan fingerprint density at radius 2 is 2.22 bits per heavy atom. The number of hydrogen-bond donors (Lipinski definition) is 1. The van der Waals surface area contributed by atoms with Gasteiger partial charge in [-0.25, -0.2) is 4.98 Å². The number of nitrogens with one attached hydrogen (secondary N) is 1. The monoisotopic (exact) mass is 331 g/mol. The number of fused-ring (bicyclic) bond motifs is 1. The van der Waals surface area contributed by atoms with E-state index in [9.17, 15) is 0 Å². The molecule has 0 saturated carbocycles. The highest BCUT2D eigenvalue weighted by Crippen LogP contribution is 2.45. The van der Waals surface area contributed by atoms with Crippen LogP contribution >= 0.6 is 11.3 Å². The molecule has 3 heterocycles. The van der Waals surface area contributed by atoms with Gasteiger partial charge < -0.3 is 15.0 Å². The summed E-state index contributed by atoms with van der Waals surface area (Å²) in [5.41, 5.74) is 2.41. The third-order valence-corrected chi connectivity index (χ3v) is 5.46. The van der Waals surface area contributed by atoms with Crippen LogP contribution in [0.1, 0.15) is 36.9 Å². The fraction of sp³-hybridized carbons (Fsp3) is 0.500. The molecule has 1 N–H and O–H groups in total. The Bertz CT molecular complexity index is 654. The molecule has 0 fully saturated rings. The van der Waals surface area contributed by atoms with Gasteiger partial charge in [-0.15, -0.1) is 11.3 Å². The van der Waals surface area contributed by atoms with Crippen LogP contribution in [0.3, 0.4) is 0 Å². The maximum atomic E-state index is 5.33. The average molecular weight is 331 g/mol. The Morgan fingerprint density at radius 3 is 2.87 bits per heavy atom. The summed E-state index contributed by atoms with van der Waals surface area (Å²) in [5.74, 6) is 0.696. The Labute approximate surface area is 142 Å². The van der Waals surface area contributed by atoms with Crippen molar-refractivity contribution in [3.63, 3.8) is 0 Å². The zero-order valence-corrected chi connectivity index (χ0v) is 15.1. The van der Waals surface area contributed by atoms with Crippen LogP contribution in [-0.4, -0.2) is 32.2 Å². The third-order valence-electron chi connectivity index (χ3n) is 4.49. The summed E-state index contributed by atoms with van der Waals surface area (Å²) in [7, 11) is 3.69. The van der Waals surface area contributed by atoms with Gasteiger partial charge in [0, 0.05) is 22.9 Å². The van der Waals surface area contributed by atoms with Gasteiger partial charge in [-0.1, -0.05) is 19.9 Å². The van der Waals surface area contributed by atoms with Crippen molar-refractivity contribution in [3.8, 4) is 5.88 Å². The first-order valence-electron chi connectivity index (χ1n) is 8.07. The van der Waals surface area contributed by atoms with Crippen LogP contribution in [0.25, 0.3) is 0 Å².